The first-order chi connectivity index (χ1) is 14.3. The first-order valence-corrected chi connectivity index (χ1v) is 10.7. The number of rotatable bonds is 6. The Morgan fingerprint density at radius 3 is 2.40 bits per heavy atom. The Bertz CT molecular complexity index is 745. The summed E-state index contributed by atoms with van der Waals surface area (Å²) in [6.07, 6.45) is 1.07. The maximum Gasteiger partial charge on any atom is 0.416 e. The van der Waals surface area contributed by atoms with Crippen LogP contribution in [-0.4, -0.2) is 53.8 Å². The highest BCUT2D eigenvalue weighted by molar-refractivity contribution is 5.82. The standard InChI is InChI=1S/C22H30F3N3O2/c1-16(27-11-4-2-3-5-12-27)21(30)26-19(15-28-13-7-10-20(28)29)17-8-6-9-18(14-17)22(23,24)25/h6,8-9,14,16,19H,2-5,7,10-13,15H2,1H3,(H,26,30). The lowest BCUT2D eigenvalue weighted by molar-refractivity contribution is -0.137. The SMILES string of the molecule is CC(C(=O)NC(CN1CCCC1=O)c1cccc(C(F)(F)F)c1)N1CCCCCC1. The Morgan fingerprint density at radius 1 is 1.10 bits per heavy atom. The topological polar surface area (TPSA) is 52.7 Å². The summed E-state index contributed by atoms with van der Waals surface area (Å²) in [7, 11) is 0. The molecule has 2 amide bonds. The van der Waals surface area contributed by atoms with Crippen LogP contribution in [-0.2, 0) is 15.8 Å². The van der Waals surface area contributed by atoms with E-state index in [-0.39, 0.29) is 24.4 Å². The van der Waals surface area contributed by atoms with Gasteiger partial charge in [0.15, 0.2) is 0 Å². The van der Waals surface area contributed by atoms with Crippen molar-refractivity contribution in [2.24, 2.45) is 0 Å². The summed E-state index contributed by atoms with van der Waals surface area (Å²) in [6.45, 7) is 4.26. The molecule has 3 rings (SSSR count). The normalized spacial score (nSPS) is 20.7. The monoisotopic (exact) mass is 425 g/mol. The zero-order valence-corrected chi connectivity index (χ0v) is 17.4. The predicted molar refractivity (Wildman–Crippen MR) is 108 cm³/mol. The van der Waals surface area contributed by atoms with Gasteiger partial charge in [0.25, 0.3) is 0 Å². The molecule has 1 aromatic carbocycles. The van der Waals surface area contributed by atoms with Gasteiger partial charge in [0.2, 0.25) is 11.8 Å². The van der Waals surface area contributed by atoms with Crippen molar-refractivity contribution in [2.75, 3.05) is 26.2 Å². The van der Waals surface area contributed by atoms with Crippen molar-refractivity contribution in [3.05, 3.63) is 35.4 Å². The van der Waals surface area contributed by atoms with Crippen molar-refractivity contribution in [1.82, 2.24) is 15.1 Å². The summed E-state index contributed by atoms with van der Waals surface area (Å²) in [5.41, 5.74) is -0.395. The minimum Gasteiger partial charge on any atom is -0.346 e. The molecule has 1 aromatic rings. The average molecular weight is 425 g/mol. The number of amides is 2. The van der Waals surface area contributed by atoms with Gasteiger partial charge in [0.05, 0.1) is 17.6 Å². The van der Waals surface area contributed by atoms with Gasteiger partial charge >= 0.3 is 6.18 Å². The largest absolute Gasteiger partial charge is 0.416 e. The van der Waals surface area contributed by atoms with Crippen LogP contribution >= 0.6 is 0 Å². The number of likely N-dealkylation sites (tertiary alicyclic amines) is 2. The lowest BCUT2D eigenvalue weighted by atomic mass is 10.0. The van der Waals surface area contributed by atoms with Gasteiger partial charge in [-0.3, -0.25) is 14.5 Å². The molecule has 0 aliphatic carbocycles. The molecule has 0 aromatic heterocycles. The van der Waals surface area contributed by atoms with Gasteiger partial charge in [0, 0.05) is 19.5 Å². The molecule has 2 saturated heterocycles. The van der Waals surface area contributed by atoms with Crippen molar-refractivity contribution in [2.45, 2.75) is 63.7 Å². The fourth-order valence-electron chi connectivity index (χ4n) is 4.22. The number of hydrogen-bond donors (Lipinski definition) is 1. The second kappa shape index (κ2) is 9.81. The summed E-state index contributed by atoms with van der Waals surface area (Å²) in [4.78, 5) is 28.9. The van der Waals surface area contributed by atoms with Gasteiger partial charge in [-0.05, 0) is 57.0 Å². The number of hydrogen-bond acceptors (Lipinski definition) is 3. The van der Waals surface area contributed by atoms with Crippen molar-refractivity contribution >= 4 is 11.8 Å². The molecule has 5 nitrogen and oxygen atoms in total. The van der Waals surface area contributed by atoms with Gasteiger partial charge in [-0.1, -0.05) is 25.0 Å². The summed E-state index contributed by atoms with van der Waals surface area (Å²) in [6, 6.07) is 3.96. The van der Waals surface area contributed by atoms with Crippen LogP contribution in [0.1, 0.15) is 62.6 Å². The molecule has 0 radical (unpaired) electrons. The van der Waals surface area contributed by atoms with Crippen LogP contribution in [0.3, 0.4) is 0 Å². The fraction of sp³-hybridized carbons (Fsp3) is 0.636. The molecule has 8 heteroatoms. The number of nitrogens with one attached hydrogen (secondary N) is 1. The Kier molecular flexibility index (Phi) is 7.39. The van der Waals surface area contributed by atoms with E-state index in [0.29, 0.717) is 18.5 Å². The predicted octanol–water partition coefficient (Wildman–Crippen LogP) is 3.75. The zero-order valence-electron chi connectivity index (χ0n) is 17.4. The minimum atomic E-state index is -4.46. The third kappa shape index (κ3) is 5.74. The van der Waals surface area contributed by atoms with E-state index in [1.807, 2.05) is 6.92 Å². The van der Waals surface area contributed by atoms with E-state index in [4.69, 9.17) is 0 Å². The lowest BCUT2D eigenvalue weighted by Crippen LogP contribution is -2.48. The van der Waals surface area contributed by atoms with Crippen molar-refractivity contribution < 1.29 is 22.8 Å². The van der Waals surface area contributed by atoms with E-state index in [0.717, 1.165) is 57.3 Å². The second-order valence-electron chi connectivity index (χ2n) is 8.25. The van der Waals surface area contributed by atoms with Crippen LogP contribution in [0.2, 0.25) is 0 Å². The smallest absolute Gasteiger partial charge is 0.346 e. The van der Waals surface area contributed by atoms with Crippen LogP contribution in [0.4, 0.5) is 13.2 Å². The first kappa shape index (κ1) is 22.6. The molecule has 2 aliphatic rings. The molecule has 0 bridgehead atoms. The lowest BCUT2D eigenvalue weighted by Gasteiger charge is -2.30. The van der Waals surface area contributed by atoms with Gasteiger partial charge in [-0.2, -0.15) is 13.2 Å². The summed E-state index contributed by atoms with van der Waals surface area (Å²) in [5, 5.41) is 2.94. The molecule has 30 heavy (non-hydrogen) atoms. The third-order valence-electron chi connectivity index (χ3n) is 6.07. The van der Waals surface area contributed by atoms with Crippen LogP contribution in [0.25, 0.3) is 0 Å². The van der Waals surface area contributed by atoms with Crippen LogP contribution < -0.4 is 5.32 Å². The molecule has 166 valence electrons. The first-order valence-electron chi connectivity index (χ1n) is 10.7. The maximum absolute atomic E-state index is 13.2. The van der Waals surface area contributed by atoms with Crippen LogP contribution in [0.15, 0.2) is 24.3 Å². The quantitative estimate of drug-likeness (QED) is 0.755. The highest BCUT2D eigenvalue weighted by Gasteiger charge is 2.33. The molecular weight excluding hydrogens is 395 g/mol. The Balaban J connectivity index is 1.78. The highest BCUT2D eigenvalue weighted by Crippen LogP contribution is 2.31. The van der Waals surface area contributed by atoms with Gasteiger partial charge in [-0.25, -0.2) is 0 Å². The van der Waals surface area contributed by atoms with E-state index in [1.54, 1.807) is 11.0 Å². The molecular formula is C22H30F3N3O2. The molecule has 2 heterocycles. The van der Waals surface area contributed by atoms with Crippen molar-refractivity contribution in [3.8, 4) is 0 Å². The molecule has 2 unspecified atom stereocenters. The van der Waals surface area contributed by atoms with E-state index in [9.17, 15) is 22.8 Å². The number of alkyl halides is 3. The van der Waals surface area contributed by atoms with Crippen molar-refractivity contribution in [1.29, 1.82) is 0 Å². The summed E-state index contributed by atoms with van der Waals surface area (Å²) in [5.74, 6) is -0.243. The number of carbonyl (C=O) groups is 2. The van der Waals surface area contributed by atoms with E-state index >= 15 is 0 Å². The van der Waals surface area contributed by atoms with Gasteiger partial charge in [-0.15, -0.1) is 0 Å². The molecule has 2 atom stereocenters. The highest BCUT2D eigenvalue weighted by atomic mass is 19.4. The van der Waals surface area contributed by atoms with E-state index in [2.05, 4.69) is 10.2 Å². The fourth-order valence-corrected chi connectivity index (χ4v) is 4.22. The molecule has 0 saturated carbocycles. The number of carbonyl (C=O) groups excluding carboxylic acids is 2. The molecule has 0 spiro atoms. The summed E-state index contributed by atoms with van der Waals surface area (Å²) >= 11 is 0. The minimum absolute atomic E-state index is 0.0261. The Morgan fingerprint density at radius 2 is 1.80 bits per heavy atom. The Hall–Kier alpha value is -2.09. The maximum atomic E-state index is 13.2. The second-order valence-corrected chi connectivity index (χ2v) is 8.25. The van der Waals surface area contributed by atoms with Gasteiger partial charge in [0.1, 0.15) is 0 Å². The molecule has 1 N–H and O–H groups in total. The van der Waals surface area contributed by atoms with E-state index < -0.39 is 17.8 Å². The Labute approximate surface area is 175 Å². The summed E-state index contributed by atoms with van der Waals surface area (Å²) < 4.78 is 39.6. The number of benzene rings is 1. The van der Waals surface area contributed by atoms with Crippen LogP contribution in [0.5, 0.6) is 0 Å². The zero-order chi connectivity index (χ0) is 21.7. The number of nitrogens with zero attached hydrogens (tertiary/aromatic N) is 2. The molecule has 2 aliphatic heterocycles. The third-order valence-corrected chi connectivity index (χ3v) is 6.07. The van der Waals surface area contributed by atoms with Crippen molar-refractivity contribution in [3.63, 3.8) is 0 Å². The van der Waals surface area contributed by atoms with E-state index in [1.165, 1.54) is 6.07 Å². The van der Waals surface area contributed by atoms with Crippen LogP contribution in [0, 0.1) is 0 Å². The van der Waals surface area contributed by atoms with Gasteiger partial charge < -0.3 is 10.2 Å². The molecule has 2 fully saturated rings. The number of halogens is 3. The average Bonchev–Trinajstić information content (AvgIpc) is 2.94.